The molecule has 0 saturated carbocycles. The van der Waals surface area contributed by atoms with Gasteiger partial charge < -0.3 is 4.90 Å². The lowest BCUT2D eigenvalue weighted by Crippen LogP contribution is -2.43. The summed E-state index contributed by atoms with van der Waals surface area (Å²) in [4.78, 5) is 41.9. The van der Waals surface area contributed by atoms with E-state index in [0.29, 0.717) is 24.5 Å². The fourth-order valence-corrected chi connectivity index (χ4v) is 6.26. The Morgan fingerprint density at radius 2 is 1.51 bits per heavy atom. The number of benzene rings is 3. The summed E-state index contributed by atoms with van der Waals surface area (Å²) >= 11 is 0. The highest BCUT2D eigenvalue weighted by atomic mass is 16.6. The Balaban J connectivity index is 1.25. The zero-order valence-electron chi connectivity index (χ0n) is 24.1. The molecule has 2 aliphatic rings. The molecule has 1 saturated heterocycles. The Morgan fingerprint density at radius 1 is 0.860 bits per heavy atom. The number of aromatic nitrogens is 2. The van der Waals surface area contributed by atoms with Crippen molar-refractivity contribution in [2.75, 3.05) is 31.1 Å². The van der Waals surface area contributed by atoms with E-state index in [4.69, 9.17) is 5.10 Å². The topological polar surface area (TPSA) is 102 Å². The highest BCUT2D eigenvalue weighted by Gasteiger charge is 2.31. The van der Waals surface area contributed by atoms with Crippen molar-refractivity contribution in [2.24, 2.45) is 5.92 Å². The van der Waals surface area contributed by atoms with Crippen molar-refractivity contribution in [1.82, 2.24) is 14.7 Å². The van der Waals surface area contributed by atoms with Crippen molar-refractivity contribution >= 4 is 23.2 Å². The maximum Gasteiger partial charge on any atom is 0.269 e. The third-order valence-electron chi connectivity index (χ3n) is 8.64. The minimum absolute atomic E-state index is 0.00471. The van der Waals surface area contributed by atoms with E-state index >= 15 is 0 Å². The molecular weight excluding hydrogens is 542 g/mol. The first-order valence-electron chi connectivity index (χ1n) is 15.0. The molecule has 0 atom stereocenters. The van der Waals surface area contributed by atoms with Crippen LogP contribution in [0, 0.1) is 16.0 Å². The summed E-state index contributed by atoms with van der Waals surface area (Å²) in [6.45, 7) is 2.61. The second kappa shape index (κ2) is 12.7. The highest BCUT2D eigenvalue weighted by Crippen LogP contribution is 2.33. The van der Waals surface area contributed by atoms with E-state index in [-0.39, 0.29) is 23.3 Å². The van der Waals surface area contributed by atoms with Crippen LogP contribution in [0.3, 0.4) is 0 Å². The van der Waals surface area contributed by atoms with Crippen LogP contribution in [0.5, 0.6) is 0 Å². The van der Waals surface area contributed by atoms with Crippen molar-refractivity contribution in [3.8, 4) is 5.69 Å². The number of para-hydroxylation sites is 1. The number of carbonyl (C=O) groups excluding carboxylic acids is 2. The van der Waals surface area contributed by atoms with Gasteiger partial charge in [0.15, 0.2) is 11.6 Å². The lowest BCUT2D eigenvalue weighted by Gasteiger charge is -2.33. The Hall–Kier alpha value is -4.63. The fraction of sp³-hybridized carbons (Fsp3) is 0.324. The number of likely N-dealkylation sites (tertiary alicyclic amines) is 1. The van der Waals surface area contributed by atoms with Gasteiger partial charge in [0.25, 0.3) is 11.6 Å². The number of non-ortho nitro benzene ring substituents is 1. The van der Waals surface area contributed by atoms with E-state index in [9.17, 15) is 19.7 Å². The normalized spacial score (nSPS) is 15.5. The average molecular weight is 578 g/mol. The van der Waals surface area contributed by atoms with Gasteiger partial charge in [-0.2, -0.15) is 0 Å². The first-order chi connectivity index (χ1) is 21.0. The molecule has 1 aliphatic carbocycles. The Kier molecular flexibility index (Phi) is 8.42. The summed E-state index contributed by atoms with van der Waals surface area (Å²) in [5, 5.41) is 16.3. The van der Waals surface area contributed by atoms with Gasteiger partial charge in [0.2, 0.25) is 0 Å². The Morgan fingerprint density at radius 3 is 2.19 bits per heavy atom. The molecule has 9 nitrogen and oxygen atoms in total. The summed E-state index contributed by atoms with van der Waals surface area (Å²) in [5.74, 6) is 0.643. The quantitative estimate of drug-likeness (QED) is 0.139. The van der Waals surface area contributed by atoms with Gasteiger partial charge in [0.1, 0.15) is 0 Å². The molecule has 1 amide bonds. The zero-order chi connectivity index (χ0) is 29.8. The van der Waals surface area contributed by atoms with Crippen molar-refractivity contribution < 1.29 is 14.5 Å². The number of nitro groups is 1. The number of amides is 1. The number of ketones is 1. The van der Waals surface area contributed by atoms with Gasteiger partial charge in [-0.25, -0.2) is 4.68 Å². The van der Waals surface area contributed by atoms with E-state index in [0.717, 1.165) is 74.1 Å². The molecule has 1 aliphatic heterocycles. The van der Waals surface area contributed by atoms with E-state index < -0.39 is 4.92 Å². The molecule has 0 bridgehead atoms. The molecule has 3 aromatic carbocycles. The third-order valence-corrected chi connectivity index (χ3v) is 8.64. The molecule has 0 spiro atoms. The molecule has 2 heterocycles. The monoisotopic (exact) mass is 577 g/mol. The molecule has 0 N–H and O–H groups in total. The average Bonchev–Trinajstić information content (AvgIpc) is 3.45. The number of anilines is 1. The summed E-state index contributed by atoms with van der Waals surface area (Å²) < 4.78 is 1.97. The van der Waals surface area contributed by atoms with Gasteiger partial charge in [0.05, 0.1) is 10.6 Å². The summed E-state index contributed by atoms with van der Waals surface area (Å²) in [7, 11) is 0. The van der Waals surface area contributed by atoms with Crippen molar-refractivity contribution in [2.45, 2.75) is 38.5 Å². The van der Waals surface area contributed by atoms with Crippen LogP contribution in [0.25, 0.3) is 5.69 Å². The first kappa shape index (κ1) is 28.5. The third kappa shape index (κ3) is 6.12. The van der Waals surface area contributed by atoms with E-state index in [1.807, 2.05) is 65.3 Å². The summed E-state index contributed by atoms with van der Waals surface area (Å²) in [6.07, 6.45) is 5.39. The highest BCUT2D eigenvalue weighted by molar-refractivity contribution is 6.06. The van der Waals surface area contributed by atoms with Crippen LogP contribution in [0.15, 0.2) is 84.9 Å². The van der Waals surface area contributed by atoms with Gasteiger partial charge in [-0.15, -0.1) is 5.10 Å². The molecule has 9 heteroatoms. The maximum absolute atomic E-state index is 14.1. The van der Waals surface area contributed by atoms with Crippen LogP contribution in [-0.4, -0.2) is 57.5 Å². The van der Waals surface area contributed by atoms with Crippen LogP contribution >= 0.6 is 0 Å². The lowest BCUT2D eigenvalue weighted by atomic mass is 9.89. The van der Waals surface area contributed by atoms with E-state index in [1.54, 1.807) is 4.90 Å². The molecule has 4 aromatic rings. The zero-order valence-corrected chi connectivity index (χ0v) is 24.1. The number of fused-ring (bicyclic) bond motifs is 1. The minimum Gasteiger partial charge on any atom is -0.302 e. The predicted octanol–water partition coefficient (Wildman–Crippen LogP) is 5.90. The standard InChI is InChI=1S/C34H35N5O4/c40-32(25-9-3-1-4-10-25)26-19-21-36(22-20-26)23-24-37(34(41)27-15-17-29(18-16-27)39(42)43)33-30-13-7-8-14-31(30)38(35-33)28-11-5-2-6-12-28/h1-6,9-12,15-18,26H,7-8,13-14,19-24H2. The number of hydrogen-bond donors (Lipinski definition) is 0. The lowest BCUT2D eigenvalue weighted by molar-refractivity contribution is -0.384. The molecule has 6 rings (SSSR count). The Labute approximate surface area is 250 Å². The first-order valence-corrected chi connectivity index (χ1v) is 15.0. The van der Waals surface area contributed by atoms with Crippen LogP contribution in [0.4, 0.5) is 11.5 Å². The molecular formula is C34H35N5O4. The van der Waals surface area contributed by atoms with Gasteiger partial charge in [-0.05, 0) is 75.9 Å². The van der Waals surface area contributed by atoms with Crippen LogP contribution in [0.1, 0.15) is 57.7 Å². The largest absolute Gasteiger partial charge is 0.302 e. The van der Waals surface area contributed by atoms with Crippen molar-refractivity contribution in [1.29, 1.82) is 0 Å². The molecule has 0 radical (unpaired) electrons. The smallest absolute Gasteiger partial charge is 0.269 e. The number of rotatable bonds is 9. The van der Waals surface area contributed by atoms with Crippen molar-refractivity contribution in [3.63, 3.8) is 0 Å². The molecule has 0 unspecified atom stereocenters. The van der Waals surface area contributed by atoms with Crippen molar-refractivity contribution in [3.05, 3.63) is 117 Å². The summed E-state index contributed by atoms with van der Waals surface area (Å²) in [6, 6.07) is 25.3. The minimum atomic E-state index is -0.462. The molecule has 1 aromatic heterocycles. The van der Waals surface area contributed by atoms with Gasteiger partial charge >= 0.3 is 0 Å². The number of Topliss-reactive ketones (excluding diaryl/α,β-unsaturated/α-hetero) is 1. The van der Waals surface area contributed by atoms with Crippen LogP contribution in [0.2, 0.25) is 0 Å². The molecule has 220 valence electrons. The number of hydrogen-bond acceptors (Lipinski definition) is 6. The van der Waals surface area contributed by atoms with E-state index in [2.05, 4.69) is 4.90 Å². The van der Waals surface area contributed by atoms with Crippen LogP contribution in [-0.2, 0) is 12.8 Å². The SMILES string of the molecule is O=C(c1ccccc1)C1CCN(CCN(C(=O)c2ccc([N+](=O)[O-])cc2)c2nn(-c3ccccc3)c3c2CCCC3)CC1. The van der Waals surface area contributed by atoms with Crippen LogP contribution < -0.4 is 4.90 Å². The molecule has 43 heavy (non-hydrogen) atoms. The molecule has 1 fully saturated rings. The number of piperidine rings is 1. The number of carbonyl (C=O) groups is 2. The maximum atomic E-state index is 14.1. The van der Waals surface area contributed by atoms with Gasteiger partial charge in [-0.1, -0.05) is 48.5 Å². The Bertz CT molecular complexity index is 1590. The fourth-order valence-electron chi connectivity index (χ4n) is 6.26. The second-order valence-corrected chi connectivity index (χ2v) is 11.3. The van der Waals surface area contributed by atoms with E-state index in [1.165, 1.54) is 24.3 Å². The summed E-state index contributed by atoms with van der Waals surface area (Å²) in [5.41, 5.74) is 4.28. The predicted molar refractivity (Wildman–Crippen MR) is 165 cm³/mol. The number of nitrogens with zero attached hydrogens (tertiary/aromatic N) is 5. The van der Waals surface area contributed by atoms with Gasteiger partial charge in [0, 0.05) is 53.5 Å². The number of nitro benzene ring substituents is 1. The second-order valence-electron chi connectivity index (χ2n) is 11.3. The van der Waals surface area contributed by atoms with Gasteiger partial charge in [-0.3, -0.25) is 24.6 Å².